The van der Waals surface area contributed by atoms with Crippen molar-refractivity contribution in [1.82, 2.24) is 0 Å². The molecule has 0 bridgehead atoms. The maximum absolute atomic E-state index is 13.5. The number of anilines is 3. The molecule has 0 saturated heterocycles. The second kappa shape index (κ2) is 11.3. The number of amides is 1. The van der Waals surface area contributed by atoms with Gasteiger partial charge in [0.15, 0.2) is 0 Å². The van der Waals surface area contributed by atoms with Crippen LogP contribution in [-0.4, -0.2) is 39.4 Å². The summed E-state index contributed by atoms with van der Waals surface area (Å²) in [7, 11) is -2.72. The number of hydrogen-bond donors (Lipinski definition) is 2. The first-order valence-corrected chi connectivity index (χ1v) is 12.8. The summed E-state index contributed by atoms with van der Waals surface area (Å²) < 4.78 is 34.8. The fourth-order valence-electron chi connectivity index (χ4n) is 3.61. The number of para-hydroxylation sites is 2. The fourth-order valence-corrected chi connectivity index (χ4v) is 5.10. The van der Waals surface area contributed by atoms with Crippen molar-refractivity contribution in [2.24, 2.45) is 0 Å². The van der Waals surface area contributed by atoms with Crippen molar-refractivity contribution in [3.8, 4) is 5.75 Å². The van der Waals surface area contributed by atoms with Gasteiger partial charge in [0.1, 0.15) is 16.2 Å². The third-order valence-electron chi connectivity index (χ3n) is 5.36. The van der Waals surface area contributed by atoms with Gasteiger partial charge in [-0.2, -0.15) is 0 Å². The first kappa shape index (κ1) is 26.8. The predicted molar refractivity (Wildman–Crippen MR) is 140 cm³/mol. The molecule has 10 nitrogen and oxygen atoms in total. The van der Waals surface area contributed by atoms with Crippen LogP contribution in [0.4, 0.5) is 22.7 Å². The summed E-state index contributed by atoms with van der Waals surface area (Å²) in [4.78, 5) is 25.3. The topological polar surface area (TPSA) is 131 Å². The Kier molecular flexibility index (Phi) is 8.38. The van der Waals surface area contributed by atoms with Gasteiger partial charge in [-0.1, -0.05) is 23.7 Å². The maximum Gasteiger partial charge on any atom is 0.282 e. The summed E-state index contributed by atoms with van der Waals surface area (Å²) in [5.74, 6) is -0.469. The minimum atomic E-state index is -4.15. The lowest BCUT2D eigenvalue weighted by Crippen LogP contribution is -2.26. The quantitative estimate of drug-likeness (QED) is 0.272. The van der Waals surface area contributed by atoms with E-state index < -0.39 is 26.5 Å². The number of hydrogen-bond acceptors (Lipinski definition) is 7. The van der Waals surface area contributed by atoms with E-state index in [1.54, 1.807) is 30.3 Å². The van der Waals surface area contributed by atoms with Gasteiger partial charge in [-0.15, -0.1) is 0 Å². The first-order valence-electron chi connectivity index (χ1n) is 10.9. The number of benzene rings is 3. The lowest BCUT2D eigenvalue weighted by Gasteiger charge is -2.25. The van der Waals surface area contributed by atoms with Crippen molar-refractivity contribution in [3.63, 3.8) is 0 Å². The molecule has 0 spiro atoms. The van der Waals surface area contributed by atoms with Crippen molar-refractivity contribution in [2.75, 3.05) is 35.1 Å². The van der Waals surface area contributed by atoms with Gasteiger partial charge in [0.25, 0.3) is 21.6 Å². The number of nitro benzene ring substituents is 1. The van der Waals surface area contributed by atoms with Crippen molar-refractivity contribution < 1.29 is 22.9 Å². The second-order valence-corrected chi connectivity index (χ2v) is 9.62. The Morgan fingerprint density at radius 1 is 1.08 bits per heavy atom. The molecule has 2 N–H and O–H groups in total. The van der Waals surface area contributed by atoms with E-state index in [9.17, 15) is 23.3 Å². The highest BCUT2D eigenvalue weighted by atomic mass is 35.5. The Hall–Kier alpha value is -3.83. The molecular weight excluding hydrogens is 508 g/mol. The molecule has 0 heterocycles. The number of carbonyl (C=O) groups excluding carboxylic acids is 1. The SMILES string of the molecule is CCN(CC)c1ccc(NC(=O)c2cc(Cl)ccc2[N+](=O)[O-])cc1S(=O)(=O)Nc1ccccc1OC. The average Bonchev–Trinajstić information content (AvgIpc) is 2.85. The van der Waals surface area contributed by atoms with Crippen LogP contribution in [0.2, 0.25) is 5.02 Å². The lowest BCUT2D eigenvalue weighted by molar-refractivity contribution is -0.385. The second-order valence-electron chi connectivity index (χ2n) is 7.53. The predicted octanol–water partition coefficient (Wildman–Crippen LogP) is 5.16. The summed E-state index contributed by atoms with van der Waals surface area (Å²) >= 11 is 5.94. The van der Waals surface area contributed by atoms with E-state index in [1.165, 1.54) is 31.4 Å². The molecule has 0 fully saturated rings. The third kappa shape index (κ3) is 5.86. The normalized spacial score (nSPS) is 11.0. The Morgan fingerprint density at radius 2 is 1.78 bits per heavy atom. The molecule has 0 saturated carbocycles. The summed E-state index contributed by atoms with van der Waals surface area (Å²) in [6.45, 7) is 4.85. The van der Waals surface area contributed by atoms with Crippen LogP contribution in [0, 0.1) is 10.1 Å². The molecule has 0 atom stereocenters. The van der Waals surface area contributed by atoms with Gasteiger partial charge in [0.2, 0.25) is 0 Å². The molecule has 3 rings (SSSR count). The number of nitrogens with one attached hydrogen (secondary N) is 2. The highest BCUT2D eigenvalue weighted by Gasteiger charge is 2.25. The van der Waals surface area contributed by atoms with Crippen LogP contribution < -0.4 is 19.7 Å². The Bertz CT molecular complexity index is 1390. The van der Waals surface area contributed by atoms with Crippen molar-refractivity contribution in [1.29, 1.82) is 0 Å². The molecule has 0 aliphatic rings. The van der Waals surface area contributed by atoms with Crippen LogP contribution in [0.15, 0.2) is 65.6 Å². The molecule has 0 aliphatic heterocycles. The van der Waals surface area contributed by atoms with Gasteiger partial charge in [-0.25, -0.2) is 8.42 Å². The molecular formula is C24H25ClN4O6S. The van der Waals surface area contributed by atoms with Gasteiger partial charge < -0.3 is 15.0 Å². The largest absolute Gasteiger partial charge is 0.495 e. The van der Waals surface area contributed by atoms with E-state index in [0.717, 1.165) is 6.07 Å². The zero-order valence-corrected chi connectivity index (χ0v) is 21.4. The van der Waals surface area contributed by atoms with Crippen molar-refractivity contribution in [2.45, 2.75) is 18.7 Å². The van der Waals surface area contributed by atoms with Crippen LogP contribution in [0.5, 0.6) is 5.75 Å². The van der Waals surface area contributed by atoms with Gasteiger partial charge >= 0.3 is 0 Å². The van der Waals surface area contributed by atoms with Crippen LogP contribution in [0.1, 0.15) is 24.2 Å². The number of carbonyl (C=O) groups is 1. The van der Waals surface area contributed by atoms with Crippen LogP contribution in [-0.2, 0) is 10.0 Å². The van der Waals surface area contributed by atoms with E-state index in [-0.39, 0.29) is 26.9 Å². The van der Waals surface area contributed by atoms with Gasteiger partial charge in [0, 0.05) is 29.9 Å². The van der Waals surface area contributed by atoms with Crippen molar-refractivity contribution in [3.05, 3.63) is 81.4 Å². The Labute approximate surface area is 214 Å². The average molecular weight is 533 g/mol. The number of rotatable bonds is 10. The van der Waals surface area contributed by atoms with Gasteiger partial charge in [0.05, 0.1) is 23.4 Å². The van der Waals surface area contributed by atoms with Crippen molar-refractivity contribution >= 4 is 50.3 Å². The number of methoxy groups -OCH3 is 1. The van der Waals surface area contributed by atoms with Gasteiger partial charge in [-0.3, -0.25) is 19.6 Å². The molecule has 12 heteroatoms. The molecule has 3 aromatic rings. The number of halogens is 1. The third-order valence-corrected chi connectivity index (χ3v) is 6.99. The van der Waals surface area contributed by atoms with E-state index >= 15 is 0 Å². The van der Waals surface area contributed by atoms with Crippen LogP contribution >= 0.6 is 11.6 Å². The standard InChI is InChI=1S/C24H25ClN4O6S/c1-4-28(5-2)21-13-11-17(26-24(30)18-14-16(25)10-12-20(18)29(31)32)15-23(21)36(33,34)27-19-8-6-7-9-22(19)35-3/h6-15,27H,4-5H2,1-3H3,(H,26,30). The smallest absolute Gasteiger partial charge is 0.282 e. The maximum atomic E-state index is 13.5. The summed E-state index contributed by atoms with van der Waals surface area (Å²) in [5.41, 5.74) is 0.119. The highest BCUT2D eigenvalue weighted by molar-refractivity contribution is 7.93. The minimum absolute atomic E-state index is 0.0875. The zero-order chi connectivity index (χ0) is 26.5. The minimum Gasteiger partial charge on any atom is -0.495 e. The number of sulfonamides is 1. The van der Waals surface area contributed by atoms with E-state index in [0.29, 0.717) is 24.5 Å². The van der Waals surface area contributed by atoms with E-state index in [1.807, 2.05) is 18.7 Å². The first-order chi connectivity index (χ1) is 17.1. The van der Waals surface area contributed by atoms with Gasteiger partial charge in [-0.05, 0) is 56.3 Å². The molecule has 0 aliphatic carbocycles. The fraction of sp³-hybridized carbons (Fsp3) is 0.208. The number of nitro groups is 1. The number of ether oxygens (including phenoxy) is 1. The van der Waals surface area contributed by atoms with Crippen LogP contribution in [0.25, 0.3) is 0 Å². The molecule has 0 aromatic heterocycles. The summed E-state index contributed by atoms with van der Waals surface area (Å²) in [6.07, 6.45) is 0. The molecule has 1 amide bonds. The lowest BCUT2D eigenvalue weighted by atomic mass is 10.1. The molecule has 0 unspecified atom stereocenters. The molecule has 190 valence electrons. The van der Waals surface area contributed by atoms with E-state index in [4.69, 9.17) is 16.3 Å². The Morgan fingerprint density at radius 3 is 2.42 bits per heavy atom. The molecule has 3 aromatic carbocycles. The molecule has 36 heavy (non-hydrogen) atoms. The zero-order valence-electron chi connectivity index (χ0n) is 19.8. The summed E-state index contributed by atoms with van der Waals surface area (Å²) in [6, 6.07) is 14.6. The van der Waals surface area contributed by atoms with E-state index in [2.05, 4.69) is 10.0 Å². The Balaban J connectivity index is 2.06. The summed E-state index contributed by atoms with van der Waals surface area (Å²) in [5, 5.41) is 14.1. The number of nitrogens with zero attached hydrogens (tertiary/aromatic N) is 2. The molecule has 0 radical (unpaired) electrons. The van der Waals surface area contributed by atoms with Crippen LogP contribution in [0.3, 0.4) is 0 Å². The highest BCUT2D eigenvalue weighted by Crippen LogP contribution is 2.33. The monoisotopic (exact) mass is 532 g/mol.